The van der Waals surface area contributed by atoms with E-state index in [4.69, 9.17) is 0 Å². The van der Waals surface area contributed by atoms with Gasteiger partial charge < -0.3 is 10.4 Å². The van der Waals surface area contributed by atoms with Gasteiger partial charge in [0.05, 0.1) is 11.0 Å². The summed E-state index contributed by atoms with van der Waals surface area (Å²) in [5.74, 6) is -0.880. The number of nitrogens with one attached hydrogen (secondary N) is 1. The number of fused-ring (bicyclic) bond motifs is 1. The fourth-order valence-corrected chi connectivity index (χ4v) is 2.42. The Morgan fingerprint density at radius 2 is 2.00 bits per heavy atom. The molecule has 8 nitrogen and oxygen atoms in total. The SMILES string of the molecule is O=c1c([N+](=O)[O-])c(NC[C@H](O)c2ccccc2F)nc2ccccn12. The Morgan fingerprint density at radius 1 is 1.28 bits per heavy atom. The minimum Gasteiger partial charge on any atom is -0.386 e. The fraction of sp³-hybridized carbons (Fsp3) is 0.125. The first-order valence-corrected chi connectivity index (χ1v) is 7.31. The van der Waals surface area contributed by atoms with Crippen LogP contribution in [0, 0.1) is 15.9 Å². The zero-order valence-corrected chi connectivity index (χ0v) is 12.8. The highest BCUT2D eigenvalue weighted by Gasteiger charge is 2.24. The summed E-state index contributed by atoms with van der Waals surface area (Å²) in [7, 11) is 0. The molecule has 0 aliphatic rings. The number of benzene rings is 1. The Bertz CT molecular complexity index is 1000. The summed E-state index contributed by atoms with van der Waals surface area (Å²) in [6, 6.07) is 10.3. The lowest BCUT2D eigenvalue weighted by Gasteiger charge is -2.13. The summed E-state index contributed by atoms with van der Waals surface area (Å²) >= 11 is 0. The first-order chi connectivity index (χ1) is 12.0. The zero-order chi connectivity index (χ0) is 18.0. The number of rotatable bonds is 5. The van der Waals surface area contributed by atoms with E-state index in [1.807, 2.05) is 0 Å². The predicted octanol–water partition coefficient (Wildman–Crippen LogP) is 1.89. The summed E-state index contributed by atoms with van der Waals surface area (Å²) in [6.45, 7) is -0.253. The van der Waals surface area contributed by atoms with Crippen molar-refractivity contribution in [1.29, 1.82) is 0 Å². The van der Waals surface area contributed by atoms with Crippen LogP contribution >= 0.6 is 0 Å². The van der Waals surface area contributed by atoms with Crippen molar-refractivity contribution >= 4 is 17.2 Å². The van der Waals surface area contributed by atoms with Crippen molar-refractivity contribution in [2.45, 2.75) is 6.10 Å². The molecule has 0 saturated heterocycles. The van der Waals surface area contributed by atoms with E-state index in [2.05, 4.69) is 10.3 Å². The van der Waals surface area contributed by atoms with Crippen molar-refractivity contribution in [3.8, 4) is 0 Å². The topological polar surface area (TPSA) is 110 Å². The summed E-state index contributed by atoms with van der Waals surface area (Å²) in [5, 5.41) is 23.9. The third-order valence-corrected chi connectivity index (χ3v) is 3.62. The van der Waals surface area contributed by atoms with Crippen LogP contribution in [0.25, 0.3) is 5.65 Å². The molecule has 3 rings (SSSR count). The first-order valence-electron chi connectivity index (χ1n) is 7.31. The van der Waals surface area contributed by atoms with E-state index in [0.29, 0.717) is 0 Å². The average molecular weight is 344 g/mol. The number of anilines is 1. The maximum Gasteiger partial charge on any atom is 0.376 e. The van der Waals surface area contributed by atoms with Crippen molar-refractivity contribution in [2.24, 2.45) is 0 Å². The van der Waals surface area contributed by atoms with Crippen LogP contribution in [0.4, 0.5) is 15.9 Å². The smallest absolute Gasteiger partial charge is 0.376 e. The highest BCUT2D eigenvalue weighted by Crippen LogP contribution is 2.21. The number of hydrogen-bond donors (Lipinski definition) is 2. The van der Waals surface area contributed by atoms with Crippen molar-refractivity contribution in [3.05, 3.63) is 80.5 Å². The van der Waals surface area contributed by atoms with Crippen molar-refractivity contribution in [3.63, 3.8) is 0 Å². The monoisotopic (exact) mass is 344 g/mol. The van der Waals surface area contributed by atoms with Crippen LogP contribution in [-0.4, -0.2) is 26.0 Å². The Labute approximate surface area is 140 Å². The number of nitro groups is 1. The molecular formula is C16H13FN4O4. The summed E-state index contributed by atoms with van der Waals surface area (Å²) < 4.78 is 14.7. The normalized spacial score (nSPS) is 12.1. The molecule has 0 fully saturated rings. The molecule has 0 aliphatic carbocycles. The predicted molar refractivity (Wildman–Crippen MR) is 88.0 cm³/mol. The minimum absolute atomic E-state index is 0.0372. The number of nitrogens with zero attached hydrogens (tertiary/aromatic N) is 3. The average Bonchev–Trinajstić information content (AvgIpc) is 2.60. The zero-order valence-electron chi connectivity index (χ0n) is 12.8. The molecule has 0 amide bonds. The van der Waals surface area contributed by atoms with Crippen LogP contribution < -0.4 is 10.9 Å². The quantitative estimate of drug-likeness (QED) is 0.540. The second-order valence-electron chi connectivity index (χ2n) is 5.22. The molecule has 2 heterocycles. The second kappa shape index (κ2) is 6.65. The Balaban J connectivity index is 1.96. The van der Waals surface area contributed by atoms with Crippen LogP contribution in [0.3, 0.4) is 0 Å². The summed E-state index contributed by atoms with van der Waals surface area (Å²) in [6.07, 6.45) is 0.104. The third-order valence-electron chi connectivity index (χ3n) is 3.62. The summed E-state index contributed by atoms with van der Waals surface area (Å²) in [5.41, 5.74) is -1.35. The third kappa shape index (κ3) is 3.17. The number of aliphatic hydroxyl groups excluding tert-OH is 1. The molecular weight excluding hydrogens is 331 g/mol. The van der Waals surface area contributed by atoms with E-state index in [0.717, 1.165) is 4.40 Å². The van der Waals surface area contributed by atoms with Gasteiger partial charge in [-0.25, -0.2) is 9.37 Å². The largest absolute Gasteiger partial charge is 0.386 e. The van der Waals surface area contributed by atoms with E-state index in [-0.39, 0.29) is 23.6 Å². The van der Waals surface area contributed by atoms with E-state index in [1.165, 1.54) is 30.5 Å². The van der Waals surface area contributed by atoms with Gasteiger partial charge >= 0.3 is 11.2 Å². The lowest BCUT2D eigenvalue weighted by atomic mass is 10.1. The van der Waals surface area contributed by atoms with Gasteiger partial charge in [-0.2, -0.15) is 0 Å². The molecule has 0 aliphatic heterocycles. The van der Waals surface area contributed by atoms with Gasteiger partial charge in [-0.3, -0.25) is 19.3 Å². The Morgan fingerprint density at radius 3 is 2.72 bits per heavy atom. The van der Waals surface area contributed by atoms with E-state index in [9.17, 15) is 24.4 Å². The fourth-order valence-electron chi connectivity index (χ4n) is 2.42. The van der Waals surface area contributed by atoms with E-state index < -0.39 is 28.1 Å². The molecule has 2 N–H and O–H groups in total. The van der Waals surface area contributed by atoms with Crippen LogP contribution in [0.15, 0.2) is 53.5 Å². The maximum atomic E-state index is 13.7. The van der Waals surface area contributed by atoms with Gasteiger partial charge in [0, 0.05) is 18.3 Å². The van der Waals surface area contributed by atoms with Gasteiger partial charge in [0.2, 0.25) is 5.82 Å². The number of halogens is 1. The second-order valence-corrected chi connectivity index (χ2v) is 5.22. The van der Waals surface area contributed by atoms with Gasteiger partial charge in [0.25, 0.3) is 0 Å². The molecule has 0 bridgehead atoms. The van der Waals surface area contributed by atoms with Gasteiger partial charge in [-0.15, -0.1) is 0 Å². The molecule has 3 aromatic rings. The van der Waals surface area contributed by atoms with Gasteiger partial charge in [-0.1, -0.05) is 24.3 Å². The Hall–Kier alpha value is -3.33. The van der Waals surface area contributed by atoms with E-state index >= 15 is 0 Å². The van der Waals surface area contributed by atoms with E-state index in [1.54, 1.807) is 18.2 Å². The minimum atomic E-state index is -1.27. The molecule has 1 aromatic carbocycles. The highest BCUT2D eigenvalue weighted by molar-refractivity contribution is 5.59. The van der Waals surface area contributed by atoms with Gasteiger partial charge in [-0.05, 0) is 18.2 Å². The molecule has 2 aromatic heterocycles. The standard InChI is InChI=1S/C16H13FN4O4/c17-11-6-2-1-5-10(11)12(22)9-18-15-14(21(24)25)16(23)20-8-4-3-7-13(20)19-15/h1-8,12,18,22H,9H2/t12-/m0/s1. The molecule has 9 heteroatoms. The molecule has 0 unspecified atom stereocenters. The molecule has 128 valence electrons. The highest BCUT2D eigenvalue weighted by atomic mass is 19.1. The van der Waals surface area contributed by atoms with Crippen molar-refractivity contribution in [1.82, 2.24) is 9.38 Å². The number of aromatic nitrogens is 2. The molecule has 0 saturated carbocycles. The van der Waals surface area contributed by atoms with Crippen molar-refractivity contribution in [2.75, 3.05) is 11.9 Å². The van der Waals surface area contributed by atoms with Gasteiger partial charge in [0.15, 0.2) is 0 Å². The van der Waals surface area contributed by atoms with Crippen LogP contribution in [0.2, 0.25) is 0 Å². The summed E-state index contributed by atoms with van der Waals surface area (Å²) in [4.78, 5) is 26.7. The van der Waals surface area contributed by atoms with Crippen LogP contribution in [0.5, 0.6) is 0 Å². The van der Waals surface area contributed by atoms with Crippen molar-refractivity contribution < 1.29 is 14.4 Å². The molecule has 0 radical (unpaired) electrons. The van der Waals surface area contributed by atoms with Crippen LogP contribution in [0.1, 0.15) is 11.7 Å². The van der Waals surface area contributed by atoms with Gasteiger partial charge in [0.1, 0.15) is 11.5 Å². The Kier molecular flexibility index (Phi) is 4.40. The maximum absolute atomic E-state index is 13.7. The van der Waals surface area contributed by atoms with Crippen LogP contribution in [-0.2, 0) is 0 Å². The number of hydrogen-bond acceptors (Lipinski definition) is 6. The molecule has 25 heavy (non-hydrogen) atoms. The molecule has 0 spiro atoms. The first kappa shape index (κ1) is 16.5. The molecule has 1 atom stereocenters. The number of pyridine rings is 1. The lowest BCUT2D eigenvalue weighted by Crippen LogP contribution is -2.23. The number of aliphatic hydroxyl groups is 1. The lowest BCUT2D eigenvalue weighted by molar-refractivity contribution is -0.385.